The molecule has 0 unspecified atom stereocenters. The zero-order chi connectivity index (χ0) is 26.5. The molecule has 0 bridgehead atoms. The summed E-state index contributed by atoms with van der Waals surface area (Å²) in [5, 5.41) is 24.4. The summed E-state index contributed by atoms with van der Waals surface area (Å²) in [5.74, 6) is -1.63. The molecule has 1 amide bonds. The lowest BCUT2D eigenvalue weighted by Crippen LogP contribution is -2.38. The summed E-state index contributed by atoms with van der Waals surface area (Å²) < 4.78 is 41.9. The fraction of sp³-hybridized carbons (Fsp3) is 0.250. The van der Waals surface area contributed by atoms with Gasteiger partial charge in [0.25, 0.3) is 5.91 Å². The Kier molecular flexibility index (Phi) is 6.50. The van der Waals surface area contributed by atoms with Gasteiger partial charge in [-0.1, -0.05) is 23.7 Å². The Labute approximate surface area is 217 Å². The van der Waals surface area contributed by atoms with Crippen LogP contribution in [-0.2, 0) is 22.3 Å². The number of β-amino-alcohol motifs (C(OH)–C–C–N with tert-alkyl or cyclic N) is 1. The monoisotopic (exact) mass is 550 g/mol. The van der Waals surface area contributed by atoms with Crippen molar-refractivity contribution in [1.82, 2.24) is 14.7 Å². The average Bonchev–Trinajstić information content (AvgIpc) is 3.51. The maximum Gasteiger partial charge on any atom is 0.416 e. The van der Waals surface area contributed by atoms with Crippen molar-refractivity contribution in [3.05, 3.63) is 69.2 Å². The molecular weight excluding hydrogens is 533 g/mol. The van der Waals surface area contributed by atoms with Gasteiger partial charge in [-0.15, -0.1) is 0 Å². The number of aliphatic carboxylic acids is 1. The van der Waals surface area contributed by atoms with Crippen molar-refractivity contribution in [3.63, 3.8) is 0 Å². The predicted octanol–water partition coefficient (Wildman–Crippen LogP) is 4.25. The van der Waals surface area contributed by atoms with Crippen LogP contribution in [0, 0.1) is 0 Å². The molecule has 2 atom stereocenters. The molecule has 3 heterocycles. The second kappa shape index (κ2) is 9.51. The molecule has 0 saturated carbocycles. The lowest BCUT2D eigenvalue weighted by atomic mass is 10.1. The number of carboxylic acids is 1. The quantitative estimate of drug-likeness (QED) is 0.468. The molecule has 0 spiro atoms. The van der Waals surface area contributed by atoms with E-state index in [0.717, 1.165) is 17.8 Å². The van der Waals surface area contributed by atoms with Gasteiger partial charge in [0.1, 0.15) is 6.04 Å². The second-order valence-electron chi connectivity index (χ2n) is 8.63. The van der Waals surface area contributed by atoms with Crippen LogP contribution in [-0.4, -0.2) is 60.6 Å². The third kappa shape index (κ3) is 5.09. The van der Waals surface area contributed by atoms with E-state index in [1.54, 1.807) is 24.3 Å². The molecule has 2 aliphatic rings. The van der Waals surface area contributed by atoms with Crippen LogP contribution in [0.4, 0.5) is 13.2 Å². The average molecular weight is 551 g/mol. The van der Waals surface area contributed by atoms with Gasteiger partial charge in [-0.3, -0.25) is 9.48 Å². The fourth-order valence-electron chi connectivity index (χ4n) is 4.36. The number of carbonyl (C=O) groups excluding carboxylic acids is 1. The summed E-state index contributed by atoms with van der Waals surface area (Å²) in [7, 11) is 0. The van der Waals surface area contributed by atoms with Crippen molar-refractivity contribution in [1.29, 1.82) is 0 Å². The van der Waals surface area contributed by atoms with E-state index < -0.39 is 35.8 Å². The van der Waals surface area contributed by atoms with Crippen molar-refractivity contribution < 1.29 is 33.0 Å². The molecule has 3 aromatic rings. The van der Waals surface area contributed by atoms with Crippen LogP contribution in [0.3, 0.4) is 0 Å². The Hall–Kier alpha value is -3.35. The molecule has 1 aromatic heterocycles. The van der Waals surface area contributed by atoms with Crippen molar-refractivity contribution in [2.24, 2.45) is 4.99 Å². The van der Waals surface area contributed by atoms with Crippen LogP contribution in [0.25, 0.3) is 17.0 Å². The number of amidine groups is 1. The highest BCUT2D eigenvalue weighted by Crippen LogP contribution is 2.36. The van der Waals surface area contributed by atoms with E-state index in [-0.39, 0.29) is 40.2 Å². The molecule has 1 saturated heterocycles. The maximum atomic E-state index is 13.5. The van der Waals surface area contributed by atoms with E-state index >= 15 is 0 Å². The van der Waals surface area contributed by atoms with E-state index in [4.69, 9.17) is 11.6 Å². The Morgan fingerprint density at radius 3 is 2.76 bits per heavy atom. The molecule has 192 valence electrons. The number of fused-ring (bicyclic) bond motifs is 1. The van der Waals surface area contributed by atoms with Crippen molar-refractivity contribution in [2.45, 2.75) is 31.3 Å². The van der Waals surface area contributed by atoms with Gasteiger partial charge in [-0.25, -0.2) is 4.79 Å². The number of aliphatic hydroxyl groups is 1. The molecule has 8 nitrogen and oxygen atoms in total. The molecule has 5 rings (SSSR count). The number of benzene rings is 2. The number of nitrogens with zero attached hydrogens (tertiary/aromatic N) is 4. The van der Waals surface area contributed by atoms with E-state index in [0.29, 0.717) is 16.5 Å². The van der Waals surface area contributed by atoms with Gasteiger partial charge in [-0.2, -0.15) is 23.3 Å². The smallest absolute Gasteiger partial charge is 0.416 e. The number of aromatic nitrogens is 2. The number of rotatable bonds is 4. The number of hydrogen-bond donors (Lipinski definition) is 2. The number of carbonyl (C=O) groups is 2. The SMILES string of the molecule is O=C1N=C(N2C[C@H](O)C[C@H]2C(=O)O)SC1=Cc1ccc2c(cnn2Cc2ccc(Cl)cc2C(F)(F)F)c1. The minimum atomic E-state index is -4.56. The van der Waals surface area contributed by atoms with Gasteiger partial charge < -0.3 is 15.1 Å². The summed E-state index contributed by atoms with van der Waals surface area (Å²) in [6.07, 6.45) is -2.22. The van der Waals surface area contributed by atoms with Crippen LogP contribution in [0.15, 0.2) is 52.5 Å². The topological polar surface area (TPSA) is 108 Å². The van der Waals surface area contributed by atoms with Gasteiger partial charge >= 0.3 is 12.1 Å². The standard InChI is InChI=1S/C24H18ClF3N4O4S/c25-15-3-2-13(17(7-15)24(26,27)28)10-32-18-4-1-12(5-14(18)9-29-32)6-20-21(34)30-23(37-20)31-11-16(33)8-19(31)22(35)36/h1-7,9,16,19,33H,8,10-11H2,(H,35,36)/t16-,19+/m1/s1. The van der Waals surface area contributed by atoms with E-state index in [9.17, 15) is 33.0 Å². The number of amides is 1. The van der Waals surface area contributed by atoms with Crippen molar-refractivity contribution in [3.8, 4) is 0 Å². The van der Waals surface area contributed by atoms with E-state index in [2.05, 4.69) is 10.1 Å². The third-order valence-electron chi connectivity index (χ3n) is 6.08. The zero-order valence-corrected chi connectivity index (χ0v) is 20.4. The molecule has 2 N–H and O–H groups in total. The van der Waals surface area contributed by atoms with Crippen molar-refractivity contribution >= 4 is 57.4 Å². The van der Waals surface area contributed by atoms with Gasteiger partial charge in [0.05, 0.1) is 34.8 Å². The highest BCUT2D eigenvalue weighted by atomic mass is 35.5. The summed E-state index contributed by atoms with van der Waals surface area (Å²) in [5.41, 5.74) is 0.437. The first-order valence-electron chi connectivity index (χ1n) is 11.0. The molecule has 13 heteroatoms. The number of alkyl halides is 3. The van der Waals surface area contributed by atoms with Crippen molar-refractivity contribution in [2.75, 3.05) is 6.54 Å². The molecule has 0 radical (unpaired) electrons. The van der Waals surface area contributed by atoms with Crippen LogP contribution in [0.1, 0.15) is 23.1 Å². The summed E-state index contributed by atoms with van der Waals surface area (Å²) in [6.45, 7) is -0.0495. The molecule has 37 heavy (non-hydrogen) atoms. The summed E-state index contributed by atoms with van der Waals surface area (Å²) in [6, 6.07) is 7.79. The highest BCUT2D eigenvalue weighted by Gasteiger charge is 2.40. The van der Waals surface area contributed by atoms with Crippen LogP contribution in [0.2, 0.25) is 5.02 Å². The second-order valence-corrected chi connectivity index (χ2v) is 10.1. The normalized spacial score (nSPS) is 21.3. The Morgan fingerprint density at radius 1 is 1.24 bits per heavy atom. The van der Waals surface area contributed by atoms with Gasteiger partial charge in [0.15, 0.2) is 5.17 Å². The summed E-state index contributed by atoms with van der Waals surface area (Å²) >= 11 is 6.80. The first-order valence-corrected chi connectivity index (χ1v) is 12.2. The van der Waals surface area contributed by atoms with Gasteiger partial charge in [0, 0.05) is 23.4 Å². The molecule has 0 aliphatic carbocycles. The molecule has 1 fully saturated rings. The lowest BCUT2D eigenvalue weighted by Gasteiger charge is -2.21. The minimum Gasteiger partial charge on any atom is -0.480 e. The predicted molar refractivity (Wildman–Crippen MR) is 132 cm³/mol. The van der Waals surface area contributed by atoms with Crippen LogP contribution in [0.5, 0.6) is 0 Å². The number of carboxylic acid groups (broad SMARTS) is 1. The Balaban J connectivity index is 1.37. The highest BCUT2D eigenvalue weighted by molar-refractivity contribution is 8.18. The molecule has 2 aromatic carbocycles. The third-order valence-corrected chi connectivity index (χ3v) is 7.34. The molecular formula is C24H18ClF3N4O4S. The number of thioether (sulfide) groups is 1. The maximum absolute atomic E-state index is 13.5. The number of halogens is 4. The molecule has 2 aliphatic heterocycles. The number of likely N-dealkylation sites (tertiary alicyclic amines) is 1. The van der Waals surface area contributed by atoms with Crippen LogP contribution < -0.4 is 0 Å². The summed E-state index contributed by atoms with van der Waals surface area (Å²) in [4.78, 5) is 29.6. The van der Waals surface area contributed by atoms with Gasteiger partial charge in [-0.05, 0) is 53.2 Å². The first kappa shape index (κ1) is 25.3. The van der Waals surface area contributed by atoms with Crippen LogP contribution >= 0.6 is 23.4 Å². The van der Waals surface area contributed by atoms with E-state index in [1.165, 1.54) is 27.9 Å². The number of hydrogen-bond acceptors (Lipinski definition) is 6. The largest absolute Gasteiger partial charge is 0.480 e. The minimum absolute atomic E-state index is 0.00932. The van der Waals surface area contributed by atoms with E-state index in [1.807, 2.05) is 0 Å². The van der Waals surface area contributed by atoms with Gasteiger partial charge in [0.2, 0.25) is 0 Å². The Bertz CT molecular complexity index is 1490. The zero-order valence-electron chi connectivity index (χ0n) is 18.8. The Morgan fingerprint density at radius 2 is 2.03 bits per heavy atom. The number of aliphatic imine (C=N–C) groups is 1. The fourth-order valence-corrected chi connectivity index (χ4v) is 5.51. The lowest BCUT2D eigenvalue weighted by molar-refractivity contribution is -0.141. The first-order chi connectivity index (χ1) is 17.5. The number of aliphatic hydroxyl groups excluding tert-OH is 1.